The van der Waals surface area contributed by atoms with E-state index in [0.717, 1.165) is 22.6 Å². The van der Waals surface area contributed by atoms with Crippen molar-refractivity contribution in [2.45, 2.75) is 9.79 Å². The van der Waals surface area contributed by atoms with Gasteiger partial charge in [-0.3, -0.25) is 4.99 Å². The van der Waals surface area contributed by atoms with Crippen molar-refractivity contribution in [3.63, 3.8) is 0 Å². The normalized spacial score (nSPS) is 12.8. The Hall–Kier alpha value is -2.78. The van der Waals surface area contributed by atoms with Crippen LogP contribution >= 0.6 is 11.8 Å². The second-order valence-corrected chi connectivity index (χ2v) is 6.59. The van der Waals surface area contributed by atoms with Crippen LogP contribution in [-0.2, 0) is 0 Å². The molecule has 4 rings (SSSR count). The standard InChI is InChI=1S/C21H16N2S/c1-2-6-17(7-3-1)24-18-12-10-16(11-13-18)19-14-15-22-20-8-4-5-9-21(20)23-19/h1-15,23H. The van der Waals surface area contributed by atoms with Gasteiger partial charge in [-0.25, -0.2) is 0 Å². The fourth-order valence-corrected chi connectivity index (χ4v) is 3.40. The smallest absolute Gasteiger partial charge is 0.0864 e. The summed E-state index contributed by atoms with van der Waals surface area (Å²) < 4.78 is 0. The van der Waals surface area contributed by atoms with Crippen LogP contribution in [0.4, 0.5) is 11.4 Å². The van der Waals surface area contributed by atoms with Crippen LogP contribution in [0.15, 0.2) is 99.7 Å². The summed E-state index contributed by atoms with van der Waals surface area (Å²) in [6, 6.07) is 27.1. The Morgan fingerprint density at radius 3 is 2.25 bits per heavy atom. The molecule has 0 saturated carbocycles. The van der Waals surface area contributed by atoms with Crippen molar-refractivity contribution in [1.82, 2.24) is 0 Å². The van der Waals surface area contributed by atoms with Crippen molar-refractivity contribution < 1.29 is 0 Å². The van der Waals surface area contributed by atoms with E-state index in [0.29, 0.717) is 0 Å². The number of fused-ring (bicyclic) bond motifs is 1. The lowest BCUT2D eigenvalue weighted by Crippen LogP contribution is -1.98. The summed E-state index contributed by atoms with van der Waals surface area (Å²) in [5, 5.41) is 3.47. The Kier molecular flexibility index (Phi) is 4.17. The molecular weight excluding hydrogens is 312 g/mol. The van der Waals surface area contributed by atoms with Crippen LogP contribution in [-0.4, -0.2) is 6.21 Å². The van der Waals surface area contributed by atoms with Crippen LogP contribution in [0.1, 0.15) is 5.56 Å². The second kappa shape index (κ2) is 6.77. The summed E-state index contributed by atoms with van der Waals surface area (Å²) in [7, 11) is 0. The molecule has 1 heterocycles. The highest BCUT2D eigenvalue weighted by molar-refractivity contribution is 7.99. The number of rotatable bonds is 3. The van der Waals surface area contributed by atoms with Gasteiger partial charge >= 0.3 is 0 Å². The molecule has 0 radical (unpaired) electrons. The average molecular weight is 328 g/mol. The number of nitrogens with zero attached hydrogens (tertiary/aromatic N) is 1. The summed E-state index contributed by atoms with van der Waals surface area (Å²) in [6.07, 6.45) is 3.86. The van der Waals surface area contributed by atoms with Crippen molar-refractivity contribution in [3.8, 4) is 0 Å². The first kappa shape index (κ1) is 14.8. The fraction of sp³-hybridized carbons (Fsp3) is 0. The van der Waals surface area contributed by atoms with Gasteiger partial charge in [0.05, 0.1) is 11.4 Å². The Morgan fingerprint density at radius 2 is 1.42 bits per heavy atom. The molecular formula is C21H16N2S. The van der Waals surface area contributed by atoms with Gasteiger partial charge in [-0.1, -0.05) is 54.2 Å². The highest BCUT2D eigenvalue weighted by Crippen LogP contribution is 2.31. The van der Waals surface area contributed by atoms with E-state index in [4.69, 9.17) is 0 Å². The molecule has 0 aliphatic carbocycles. The van der Waals surface area contributed by atoms with Gasteiger partial charge in [0.25, 0.3) is 0 Å². The average Bonchev–Trinajstić information content (AvgIpc) is 2.86. The van der Waals surface area contributed by atoms with E-state index in [-0.39, 0.29) is 0 Å². The zero-order valence-electron chi connectivity index (χ0n) is 13.0. The van der Waals surface area contributed by atoms with E-state index >= 15 is 0 Å². The molecule has 3 heteroatoms. The Bertz CT molecular complexity index is 897. The predicted octanol–water partition coefficient (Wildman–Crippen LogP) is 6.01. The number of anilines is 1. The summed E-state index contributed by atoms with van der Waals surface area (Å²) in [4.78, 5) is 6.95. The first-order valence-electron chi connectivity index (χ1n) is 7.82. The summed E-state index contributed by atoms with van der Waals surface area (Å²) in [5.74, 6) is 0. The largest absolute Gasteiger partial charge is 0.353 e. The molecule has 2 nitrogen and oxygen atoms in total. The van der Waals surface area contributed by atoms with Crippen molar-refractivity contribution in [3.05, 3.63) is 90.5 Å². The summed E-state index contributed by atoms with van der Waals surface area (Å²) in [5.41, 5.74) is 4.19. The molecule has 0 fully saturated rings. The molecule has 1 aliphatic rings. The highest BCUT2D eigenvalue weighted by Gasteiger charge is 2.08. The van der Waals surface area contributed by atoms with Crippen LogP contribution in [0.3, 0.4) is 0 Å². The van der Waals surface area contributed by atoms with E-state index in [2.05, 4.69) is 58.8 Å². The number of hydrogen-bond acceptors (Lipinski definition) is 3. The van der Waals surface area contributed by atoms with Gasteiger partial charge in [0.2, 0.25) is 0 Å². The highest BCUT2D eigenvalue weighted by atomic mass is 32.2. The van der Waals surface area contributed by atoms with Gasteiger partial charge in [0.1, 0.15) is 0 Å². The van der Waals surface area contributed by atoms with E-state index in [1.54, 1.807) is 11.8 Å². The number of hydrogen-bond donors (Lipinski definition) is 1. The maximum atomic E-state index is 4.47. The van der Waals surface area contributed by atoms with Crippen molar-refractivity contribution in [2.24, 2.45) is 4.99 Å². The van der Waals surface area contributed by atoms with Gasteiger partial charge < -0.3 is 5.32 Å². The van der Waals surface area contributed by atoms with Crippen LogP contribution in [0.25, 0.3) is 5.70 Å². The van der Waals surface area contributed by atoms with Crippen LogP contribution < -0.4 is 5.32 Å². The van der Waals surface area contributed by atoms with Gasteiger partial charge in [-0.15, -0.1) is 0 Å². The molecule has 1 aliphatic heterocycles. The molecule has 0 saturated heterocycles. The van der Waals surface area contributed by atoms with Crippen LogP contribution in [0.5, 0.6) is 0 Å². The Morgan fingerprint density at radius 1 is 0.708 bits per heavy atom. The zero-order valence-corrected chi connectivity index (χ0v) is 13.8. The zero-order chi connectivity index (χ0) is 16.2. The molecule has 1 N–H and O–H groups in total. The van der Waals surface area contributed by atoms with E-state index in [1.807, 2.05) is 42.6 Å². The molecule has 0 spiro atoms. The molecule has 3 aromatic rings. The third-order valence-electron chi connectivity index (χ3n) is 3.77. The molecule has 0 unspecified atom stereocenters. The molecule has 24 heavy (non-hydrogen) atoms. The Balaban J connectivity index is 1.55. The SMILES string of the molecule is C1=Nc2ccccc2NC(c2ccc(Sc3ccccc3)cc2)=C1. The molecule has 0 atom stereocenters. The topological polar surface area (TPSA) is 24.4 Å². The third-order valence-corrected chi connectivity index (χ3v) is 4.79. The monoisotopic (exact) mass is 328 g/mol. The number of para-hydroxylation sites is 2. The number of benzene rings is 3. The first-order chi connectivity index (χ1) is 11.9. The molecule has 0 amide bonds. The lowest BCUT2D eigenvalue weighted by Gasteiger charge is -2.11. The minimum Gasteiger partial charge on any atom is -0.353 e. The van der Waals surface area contributed by atoms with Crippen LogP contribution in [0, 0.1) is 0 Å². The summed E-state index contributed by atoms with van der Waals surface area (Å²) in [6.45, 7) is 0. The minimum atomic E-state index is 0.958. The third kappa shape index (κ3) is 3.26. The lowest BCUT2D eigenvalue weighted by atomic mass is 10.1. The van der Waals surface area contributed by atoms with Gasteiger partial charge in [0.15, 0.2) is 0 Å². The van der Waals surface area contributed by atoms with E-state index in [1.165, 1.54) is 9.79 Å². The van der Waals surface area contributed by atoms with E-state index in [9.17, 15) is 0 Å². The van der Waals surface area contributed by atoms with Gasteiger partial charge in [0, 0.05) is 21.7 Å². The van der Waals surface area contributed by atoms with E-state index < -0.39 is 0 Å². The maximum absolute atomic E-state index is 4.47. The summed E-state index contributed by atoms with van der Waals surface area (Å²) >= 11 is 1.77. The quantitative estimate of drug-likeness (QED) is 0.637. The van der Waals surface area contributed by atoms with Gasteiger partial charge in [-0.2, -0.15) is 0 Å². The first-order valence-corrected chi connectivity index (χ1v) is 8.64. The van der Waals surface area contributed by atoms with Crippen LogP contribution in [0.2, 0.25) is 0 Å². The van der Waals surface area contributed by atoms with Gasteiger partial charge in [-0.05, 0) is 48.0 Å². The minimum absolute atomic E-state index is 0.958. The number of aliphatic imine (C=N–C) groups is 1. The fourth-order valence-electron chi connectivity index (χ4n) is 2.57. The lowest BCUT2D eigenvalue weighted by molar-refractivity contribution is 1.39. The Labute approximate surface area is 146 Å². The molecule has 116 valence electrons. The number of nitrogens with one attached hydrogen (secondary N) is 1. The molecule has 3 aromatic carbocycles. The number of allylic oxidation sites excluding steroid dienone is 1. The second-order valence-electron chi connectivity index (χ2n) is 5.44. The van der Waals surface area contributed by atoms with Crippen molar-refractivity contribution in [1.29, 1.82) is 0 Å². The predicted molar refractivity (Wildman–Crippen MR) is 103 cm³/mol. The van der Waals surface area contributed by atoms with Crippen molar-refractivity contribution >= 4 is 35.0 Å². The molecule has 0 aromatic heterocycles. The van der Waals surface area contributed by atoms with Crippen molar-refractivity contribution in [2.75, 3.05) is 5.32 Å². The maximum Gasteiger partial charge on any atom is 0.0864 e. The molecule has 0 bridgehead atoms.